The number of aromatic nitrogens is 4. The van der Waals surface area contributed by atoms with Gasteiger partial charge in [-0.3, -0.25) is 4.79 Å². The van der Waals surface area contributed by atoms with Gasteiger partial charge in [0.05, 0.1) is 29.8 Å². The summed E-state index contributed by atoms with van der Waals surface area (Å²) in [5, 5.41) is 21.1. The van der Waals surface area contributed by atoms with Crippen molar-refractivity contribution in [3.63, 3.8) is 0 Å². The predicted molar refractivity (Wildman–Crippen MR) is 159 cm³/mol. The van der Waals surface area contributed by atoms with Gasteiger partial charge in [0.25, 0.3) is 5.95 Å². The van der Waals surface area contributed by atoms with Gasteiger partial charge in [-0.25, -0.2) is 0 Å². The monoisotopic (exact) mass is 706 g/mol. The van der Waals surface area contributed by atoms with Crippen LogP contribution >= 0.6 is 0 Å². The summed E-state index contributed by atoms with van der Waals surface area (Å²) in [4.78, 5) is 17.9. The Morgan fingerprint density at radius 1 is 0.898 bits per heavy atom. The van der Waals surface area contributed by atoms with E-state index in [9.17, 15) is 49.4 Å². The molecule has 2 aliphatic rings. The van der Waals surface area contributed by atoms with E-state index in [0.29, 0.717) is 50.7 Å². The Hall–Kier alpha value is -3.89. The van der Waals surface area contributed by atoms with E-state index in [0.717, 1.165) is 16.9 Å². The van der Waals surface area contributed by atoms with E-state index in [2.05, 4.69) is 15.4 Å². The summed E-state index contributed by atoms with van der Waals surface area (Å²) >= 11 is 0. The van der Waals surface area contributed by atoms with Crippen molar-refractivity contribution in [1.29, 1.82) is 0 Å². The second-order valence-electron chi connectivity index (χ2n) is 12.6. The first-order chi connectivity index (χ1) is 22.9. The lowest BCUT2D eigenvalue weighted by molar-refractivity contribution is -0.143. The first-order valence-corrected chi connectivity index (χ1v) is 15.8. The molecule has 0 bridgehead atoms. The number of fused-ring (bicyclic) bond motifs is 1. The topological polar surface area (TPSA) is 87.4 Å². The van der Waals surface area contributed by atoms with Gasteiger partial charge >= 0.3 is 18.5 Å². The number of halogens is 9. The van der Waals surface area contributed by atoms with Crippen LogP contribution in [0.4, 0.5) is 51.1 Å². The van der Waals surface area contributed by atoms with Gasteiger partial charge in [0, 0.05) is 30.8 Å². The highest BCUT2D eigenvalue weighted by atomic mass is 19.4. The number of carbonyl (C=O) groups excluding carboxylic acids is 1. The van der Waals surface area contributed by atoms with Gasteiger partial charge < -0.3 is 14.9 Å². The number of aryl methyl sites for hydroxylation is 1. The number of benzene rings is 2. The molecule has 268 valence electrons. The van der Waals surface area contributed by atoms with Gasteiger partial charge in [0.15, 0.2) is 0 Å². The summed E-state index contributed by atoms with van der Waals surface area (Å²) in [5.74, 6) is -0.672. The fraction of sp³-hybridized carbons (Fsp3) is 0.562. The third-order valence-corrected chi connectivity index (χ3v) is 9.41. The van der Waals surface area contributed by atoms with Crippen molar-refractivity contribution in [2.75, 3.05) is 16.4 Å². The number of aliphatic hydroxyl groups excluding tert-OH is 1. The maximum absolute atomic E-state index is 14.1. The van der Waals surface area contributed by atoms with E-state index in [1.165, 1.54) is 22.9 Å². The molecule has 1 amide bonds. The number of carbonyl (C=O) groups is 1. The number of hydrogen-bond acceptors (Lipinski definition) is 6. The first kappa shape index (κ1) is 36.4. The minimum atomic E-state index is -5.13. The average Bonchev–Trinajstić information content (AvgIpc) is 3.47. The minimum absolute atomic E-state index is 0.00249. The van der Waals surface area contributed by atoms with Crippen molar-refractivity contribution >= 4 is 17.5 Å². The quantitative estimate of drug-likeness (QED) is 0.242. The van der Waals surface area contributed by atoms with Crippen molar-refractivity contribution in [3.05, 3.63) is 64.2 Å². The Kier molecular flexibility index (Phi) is 10.2. The molecule has 0 saturated heterocycles. The molecule has 5 rings (SSSR count). The zero-order valence-electron chi connectivity index (χ0n) is 26.6. The van der Waals surface area contributed by atoms with Crippen molar-refractivity contribution in [2.24, 2.45) is 18.9 Å². The van der Waals surface area contributed by atoms with Crippen LogP contribution in [0.1, 0.15) is 85.7 Å². The number of tetrazole rings is 1. The predicted octanol–water partition coefficient (Wildman–Crippen LogP) is 7.72. The Morgan fingerprint density at radius 2 is 1.51 bits per heavy atom. The molecule has 0 spiro atoms. The molecule has 1 saturated carbocycles. The molecule has 17 heteroatoms. The third kappa shape index (κ3) is 7.96. The highest BCUT2D eigenvalue weighted by molar-refractivity contribution is 5.97. The van der Waals surface area contributed by atoms with Crippen LogP contribution < -0.4 is 9.80 Å². The van der Waals surface area contributed by atoms with Crippen LogP contribution in [0.2, 0.25) is 0 Å². The number of amides is 1. The maximum Gasteiger partial charge on any atom is 0.416 e. The fourth-order valence-corrected chi connectivity index (χ4v) is 6.94. The smallest absolute Gasteiger partial charge is 0.396 e. The van der Waals surface area contributed by atoms with Crippen molar-refractivity contribution < 1.29 is 49.4 Å². The average molecular weight is 707 g/mol. The van der Waals surface area contributed by atoms with Crippen LogP contribution in [0, 0.1) is 11.8 Å². The van der Waals surface area contributed by atoms with Crippen LogP contribution in [0.25, 0.3) is 0 Å². The molecule has 2 aromatic carbocycles. The van der Waals surface area contributed by atoms with Crippen molar-refractivity contribution in [1.82, 2.24) is 20.2 Å². The molecule has 1 fully saturated rings. The molecule has 1 aliphatic heterocycles. The van der Waals surface area contributed by atoms with Crippen LogP contribution in [-0.4, -0.2) is 43.9 Å². The first-order valence-electron chi connectivity index (χ1n) is 15.8. The highest BCUT2D eigenvalue weighted by Crippen LogP contribution is 2.47. The number of aliphatic hydroxyl groups is 1. The molecular formula is C32H35F9N6O2. The molecule has 1 N–H and O–H groups in total. The standard InChI is InChI=1S/C32H35F9N6O2/c1-3-24-16-27(46(29-42-44-45(2)43-29)17-19-12-22(31(36,37)38)14-23(13-19)32(39,40)41)25-15-21(30(33,34)35)8-9-26(25)47(24)28(49)20-6-4-18(5-7-20)10-11-48/h8-9,12-15,18,20,24,27,48H,3-7,10-11,16-17H2,1-2H3/t18?,20?,24-,27-/m1/s1. The van der Waals surface area contributed by atoms with Gasteiger partial charge in [-0.1, -0.05) is 12.0 Å². The zero-order valence-corrected chi connectivity index (χ0v) is 26.6. The number of anilines is 2. The van der Waals surface area contributed by atoms with Crippen LogP contribution in [0.3, 0.4) is 0 Å². The SMILES string of the molecule is CC[C@@H]1C[C@@H](N(Cc2cc(C(F)(F)F)cc(C(F)(F)F)c2)c2nnn(C)n2)c2cc(C(F)(F)F)ccc2N1C(=O)C1CCC(CCO)CC1. The summed E-state index contributed by atoms with van der Waals surface area (Å²) < 4.78 is 125. The van der Waals surface area contributed by atoms with E-state index in [1.54, 1.807) is 6.92 Å². The second kappa shape index (κ2) is 13.8. The maximum atomic E-state index is 14.1. The largest absolute Gasteiger partial charge is 0.416 e. The molecule has 1 aromatic heterocycles. The number of hydrogen-bond donors (Lipinski definition) is 1. The number of nitrogens with zero attached hydrogens (tertiary/aromatic N) is 6. The van der Waals surface area contributed by atoms with Gasteiger partial charge in [-0.05, 0) is 104 Å². The molecule has 0 unspecified atom stereocenters. The minimum Gasteiger partial charge on any atom is -0.396 e. The summed E-state index contributed by atoms with van der Waals surface area (Å²) in [6, 6.07) is 2.29. The lowest BCUT2D eigenvalue weighted by Crippen LogP contribution is -2.50. The van der Waals surface area contributed by atoms with Crippen LogP contribution in [-0.2, 0) is 36.9 Å². The molecule has 1 aliphatic carbocycles. The second-order valence-corrected chi connectivity index (χ2v) is 12.6. The van der Waals surface area contributed by atoms with Gasteiger partial charge in [-0.15, -0.1) is 5.10 Å². The Balaban J connectivity index is 1.63. The Bertz CT molecular complexity index is 1600. The lowest BCUT2D eigenvalue weighted by atomic mass is 9.79. The van der Waals surface area contributed by atoms with Gasteiger partial charge in [-0.2, -0.15) is 44.3 Å². The van der Waals surface area contributed by atoms with Crippen molar-refractivity contribution in [2.45, 2.75) is 89.0 Å². The van der Waals surface area contributed by atoms with E-state index in [4.69, 9.17) is 0 Å². The van der Waals surface area contributed by atoms with Crippen LogP contribution in [0.5, 0.6) is 0 Å². The van der Waals surface area contributed by atoms with E-state index >= 15 is 0 Å². The van der Waals surface area contributed by atoms with Crippen molar-refractivity contribution in [3.8, 4) is 0 Å². The summed E-state index contributed by atoms with van der Waals surface area (Å²) in [6.07, 6.45) is -11.7. The number of rotatable bonds is 8. The summed E-state index contributed by atoms with van der Waals surface area (Å²) in [7, 11) is 1.38. The zero-order chi connectivity index (χ0) is 35.9. The molecule has 49 heavy (non-hydrogen) atoms. The number of alkyl halides is 9. The highest BCUT2D eigenvalue weighted by Gasteiger charge is 2.44. The molecule has 3 aromatic rings. The van der Waals surface area contributed by atoms with Gasteiger partial charge in [0.1, 0.15) is 0 Å². The molecule has 2 atom stereocenters. The van der Waals surface area contributed by atoms with E-state index in [-0.39, 0.29) is 48.1 Å². The summed E-state index contributed by atoms with van der Waals surface area (Å²) in [6.45, 7) is 1.15. The normalized spacial score (nSPS) is 21.8. The molecular weight excluding hydrogens is 671 g/mol. The third-order valence-electron chi connectivity index (χ3n) is 9.41. The van der Waals surface area contributed by atoms with Crippen LogP contribution in [0.15, 0.2) is 36.4 Å². The Labute approximate surface area is 275 Å². The van der Waals surface area contributed by atoms with Gasteiger partial charge in [0.2, 0.25) is 5.91 Å². The fourth-order valence-electron chi connectivity index (χ4n) is 6.94. The Morgan fingerprint density at radius 3 is 2.02 bits per heavy atom. The van der Waals surface area contributed by atoms with E-state index < -0.39 is 65.3 Å². The summed E-state index contributed by atoms with van der Waals surface area (Å²) in [5.41, 5.74) is -4.43. The molecule has 2 heterocycles. The molecule has 0 radical (unpaired) electrons. The van der Waals surface area contributed by atoms with E-state index in [1.807, 2.05) is 0 Å². The molecule has 8 nitrogen and oxygen atoms in total. The lowest BCUT2D eigenvalue weighted by Gasteiger charge is -2.46.